The van der Waals surface area contributed by atoms with E-state index in [2.05, 4.69) is 0 Å². The van der Waals surface area contributed by atoms with Crippen molar-refractivity contribution in [1.29, 1.82) is 0 Å². The van der Waals surface area contributed by atoms with Crippen molar-refractivity contribution >= 4 is 23.6 Å². The van der Waals surface area contributed by atoms with Gasteiger partial charge in [-0.05, 0) is 25.5 Å². The fraction of sp³-hybridized carbons (Fsp3) is 0.818. The van der Waals surface area contributed by atoms with Gasteiger partial charge in [0.05, 0.1) is 11.2 Å². The number of amides is 1. The molecule has 1 atom stereocenters. The number of carbonyl (C=O) groups is 2. The van der Waals surface area contributed by atoms with Gasteiger partial charge in [-0.15, -0.1) is 0 Å². The van der Waals surface area contributed by atoms with E-state index in [-0.39, 0.29) is 5.91 Å². The maximum absolute atomic E-state index is 11.7. The van der Waals surface area contributed by atoms with Crippen LogP contribution in [0.4, 0.5) is 0 Å². The van der Waals surface area contributed by atoms with Gasteiger partial charge in [0.25, 0.3) is 0 Å². The summed E-state index contributed by atoms with van der Waals surface area (Å²) in [7, 11) is 0. The summed E-state index contributed by atoms with van der Waals surface area (Å²) < 4.78 is 0. The molecule has 1 amide bonds. The van der Waals surface area contributed by atoms with E-state index in [9.17, 15) is 14.7 Å². The summed E-state index contributed by atoms with van der Waals surface area (Å²) in [5, 5.41) is 9.28. The van der Waals surface area contributed by atoms with Gasteiger partial charge in [0.15, 0.2) is 0 Å². The summed E-state index contributed by atoms with van der Waals surface area (Å²) in [5.74, 6) is -0.262. The first-order valence-corrected chi connectivity index (χ1v) is 6.95. The second kappa shape index (κ2) is 5.57. The zero-order valence-corrected chi connectivity index (χ0v) is 10.7. The van der Waals surface area contributed by atoms with Crippen LogP contribution in [-0.2, 0) is 9.59 Å². The molecule has 1 aliphatic rings. The molecule has 16 heavy (non-hydrogen) atoms. The Balaban J connectivity index is 2.72. The number of aliphatic carboxylic acids is 1. The topological polar surface area (TPSA) is 57.6 Å². The van der Waals surface area contributed by atoms with Gasteiger partial charge in [0, 0.05) is 13.1 Å². The molecule has 0 aromatic rings. The number of hydrogen-bond acceptors (Lipinski definition) is 3. The average molecular weight is 245 g/mol. The molecule has 1 unspecified atom stereocenters. The van der Waals surface area contributed by atoms with Crippen LogP contribution in [0.25, 0.3) is 0 Å². The van der Waals surface area contributed by atoms with Crippen LogP contribution in [0.5, 0.6) is 0 Å². The molecule has 1 aliphatic heterocycles. The molecule has 1 N–H and O–H groups in total. The number of carboxylic acids is 1. The second-order valence-electron chi connectivity index (χ2n) is 4.29. The van der Waals surface area contributed by atoms with Crippen LogP contribution in [0, 0.1) is 5.41 Å². The van der Waals surface area contributed by atoms with Crippen LogP contribution in [0.2, 0.25) is 0 Å². The highest BCUT2D eigenvalue weighted by molar-refractivity contribution is 7.99. The normalized spacial score (nSPS) is 25.5. The highest BCUT2D eigenvalue weighted by Crippen LogP contribution is 2.33. The number of likely N-dealkylation sites (tertiary alicyclic amines) is 1. The van der Waals surface area contributed by atoms with Gasteiger partial charge in [0.1, 0.15) is 0 Å². The number of hydrogen-bond donors (Lipinski definition) is 1. The lowest BCUT2D eigenvalue weighted by Crippen LogP contribution is -2.50. The van der Waals surface area contributed by atoms with Crippen molar-refractivity contribution in [3.63, 3.8) is 0 Å². The van der Waals surface area contributed by atoms with Gasteiger partial charge in [-0.2, -0.15) is 11.8 Å². The van der Waals surface area contributed by atoms with Crippen LogP contribution in [0.3, 0.4) is 0 Å². The maximum Gasteiger partial charge on any atom is 0.311 e. The highest BCUT2D eigenvalue weighted by Gasteiger charge is 2.41. The van der Waals surface area contributed by atoms with Crippen LogP contribution in [0.1, 0.15) is 26.2 Å². The van der Waals surface area contributed by atoms with Crippen molar-refractivity contribution in [3.8, 4) is 0 Å². The third-order valence-corrected chi connectivity index (χ3v) is 3.86. The fourth-order valence-electron chi connectivity index (χ4n) is 2.17. The second-order valence-corrected chi connectivity index (χ2v) is 5.16. The van der Waals surface area contributed by atoms with Gasteiger partial charge in [-0.25, -0.2) is 0 Å². The molecule has 0 aliphatic carbocycles. The first-order valence-electron chi connectivity index (χ1n) is 5.56. The Hall–Kier alpha value is -0.710. The number of thioether (sulfide) groups is 1. The molecular formula is C11H19NO3S. The lowest BCUT2D eigenvalue weighted by atomic mass is 9.77. The largest absolute Gasteiger partial charge is 0.481 e. The van der Waals surface area contributed by atoms with E-state index < -0.39 is 11.4 Å². The maximum atomic E-state index is 11.7. The molecule has 1 heterocycles. The molecule has 0 aromatic heterocycles. The predicted molar refractivity (Wildman–Crippen MR) is 64.6 cm³/mol. The minimum absolute atomic E-state index is 0.0614. The zero-order valence-electron chi connectivity index (χ0n) is 9.86. The predicted octanol–water partition coefficient (Wildman–Crippen LogP) is 1.45. The molecule has 1 fully saturated rings. The number of carbonyl (C=O) groups excluding carboxylic acids is 1. The summed E-state index contributed by atoms with van der Waals surface area (Å²) in [4.78, 5) is 24.7. The van der Waals surface area contributed by atoms with Crippen molar-refractivity contribution in [2.24, 2.45) is 5.41 Å². The summed E-state index contributed by atoms with van der Waals surface area (Å²) in [5.41, 5.74) is -0.716. The first kappa shape index (κ1) is 13.4. The smallest absolute Gasteiger partial charge is 0.311 e. The molecule has 0 aromatic carbocycles. The number of carboxylic acid groups (broad SMARTS) is 1. The monoisotopic (exact) mass is 245 g/mol. The number of rotatable bonds is 4. The van der Waals surface area contributed by atoms with Crippen molar-refractivity contribution in [2.45, 2.75) is 26.2 Å². The molecule has 1 rings (SSSR count). The molecule has 1 saturated heterocycles. The molecule has 92 valence electrons. The van der Waals surface area contributed by atoms with Crippen molar-refractivity contribution in [3.05, 3.63) is 0 Å². The van der Waals surface area contributed by atoms with E-state index in [0.29, 0.717) is 31.7 Å². The molecule has 4 nitrogen and oxygen atoms in total. The Bertz CT molecular complexity index is 282. The van der Waals surface area contributed by atoms with E-state index >= 15 is 0 Å². The van der Waals surface area contributed by atoms with Gasteiger partial charge < -0.3 is 10.0 Å². The van der Waals surface area contributed by atoms with Gasteiger partial charge in [-0.3, -0.25) is 9.59 Å². The Morgan fingerprint density at radius 3 is 2.69 bits per heavy atom. The van der Waals surface area contributed by atoms with Crippen molar-refractivity contribution in [1.82, 2.24) is 4.90 Å². The molecular weight excluding hydrogens is 226 g/mol. The van der Waals surface area contributed by atoms with Gasteiger partial charge in [-0.1, -0.05) is 6.92 Å². The van der Waals surface area contributed by atoms with Crippen LogP contribution >= 0.6 is 11.8 Å². The molecule has 0 spiro atoms. The Morgan fingerprint density at radius 2 is 2.19 bits per heavy atom. The van der Waals surface area contributed by atoms with Gasteiger partial charge >= 0.3 is 5.97 Å². The lowest BCUT2D eigenvalue weighted by molar-refractivity contribution is -0.154. The van der Waals surface area contributed by atoms with E-state index in [0.717, 1.165) is 6.42 Å². The number of piperidine rings is 1. The minimum Gasteiger partial charge on any atom is -0.481 e. The third-order valence-electron chi connectivity index (χ3n) is 3.33. The van der Waals surface area contributed by atoms with Crippen molar-refractivity contribution in [2.75, 3.05) is 25.1 Å². The molecule has 0 saturated carbocycles. The molecule has 0 bridgehead atoms. The molecule has 0 radical (unpaired) electrons. The fourth-order valence-corrected chi connectivity index (χ4v) is 2.60. The van der Waals surface area contributed by atoms with E-state index in [1.807, 2.05) is 13.2 Å². The highest BCUT2D eigenvalue weighted by atomic mass is 32.2. The summed E-state index contributed by atoms with van der Waals surface area (Å²) >= 11 is 1.48. The standard InChI is InChI=1S/C11H19NO3S/c1-3-11(10(14)15)5-4-6-12(8-11)9(13)7-16-2/h3-8H2,1-2H3,(H,14,15). The molecule has 5 heteroatoms. The SMILES string of the molecule is CCC1(C(=O)O)CCCN(C(=O)CSC)C1. The average Bonchev–Trinajstić information content (AvgIpc) is 2.29. The van der Waals surface area contributed by atoms with Crippen LogP contribution in [0.15, 0.2) is 0 Å². The van der Waals surface area contributed by atoms with Crippen molar-refractivity contribution < 1.29 is 14.7 Å². The van der Waals surface area contributed by atoms with Crippen LogP contribution in [-0.4, -0.2) is 47.0 Å². The minimum atomic E-state index is -0.767. The number of nitrogens with zero attached hydrogens (tertiary/aromatic N) is 1. The summed E-state index contributed by atoms with van der Waals surface area (Å²) in [6, 6.07) is 0. The first-order chi connectivity index (χ1) is 7.55. The lowest BCUT2D eigenvalue weighted by Gasteiger charge is -2.39. The van der Waals surface area contributed by atoms with E-state index in [1.165, 1.54) is 11.8 Å². The Morgan fingerprint density at radius 1 is 1.50 bits per heavy atom. The summed E-state index contributed by atoms with van der Waals surface area (Å²) in [6.07, 6.45) is 3.94. The quantitative estimate of drug-likeness (QED) is 0.814. The van der Waals surface area contributed by atoms with E-state index in [4.69, 9.17) is 0 Å². The zero-order chi connectivity index (χ0) is 12.2. The van der Waals surface area contributed by atoms with E-state index in [1.54, 1.807) is 4.90 Å². The summed E-state index contributed by atoms with van der Waals surface area (Å²) in [6.45, 7) is 2.96. The van der Waals surface area contributed by atoms with Gasteiger partial charge in [0.2, 0.25) is 5.91 Å². The Labute approximate surface area is 100 Å². The third kappa shape index (κ3) is 2.70. The van der Waals surface area contributed by atoms with Crippen LogP contribution < -0.4 is 0 Å². The Kier molecular flexibility index (Phi) is 4.65.